The minimum absolute atomic E-state index is 0.356. The van der Waals surface area contributed by atoms with Gasteiger partial charge >= 0.3 is 6.18 Å². The first-order valence-corrected chi connectivity index (χ1v) is 5.76. The molecule has 5 N–H and O–H groups in total. The molecule has 2 unspecified atom stereocenters. The van der Waals surface area contributed by atoms with E-state index in [9.17, 15) is 21.6 Å². The van der Waals surface area contributed by atoms with Gasteiger partial charge in [-0.25, -0.2) is 4.72 Å². The van der Waals surface area contributed by atoms with Gasteiger partial charge in [0.2, 0.25) is 0 Å². The lowest BCUT2D eigenvalue weighted by atomic mass is 10.2. The second kappa shape index (κ2) is 5.77. The quantitative estimate of drug-likeness (QED) is 0.478. The van der Waals surface area contributed by atoms with Crippen molar-refractivity contribution >= 4 is 10.2 Å². The smallest absolute Gasteiger partial charge is 0.392 e. The average molecular weight is 265 g/mol. The number of nitrogens with one attached hydrogen (secondary N) is 2. The minimum Gasteiger partial charge on any atom is -0.392 e. The predicted octanol–water partition coefficient (Wildman–Crippen LogP) is -1.32. The van der Waals surface area contributed by atoms with E-state index in [2.05, 4.69) is 0 Å². The van der Waals surface area contributed by atoms with E-state index in [1.165, 1.54) is 11.6 Å². The van der Waals surface area contributed by atoms with Crippen molar-refractivity contribution in [3.8, 4) is 0 Å². The monoisotopic (exact) mass is 265 g/mol. The van der Waals surface area contributed by atoms with E-state index in [1.54, 1.807) is 4.72 Å². The van der Waals surface area contributed by atoms with Crippen molar-refractivity contribution in [3.05, 3.63) is 0 Å². The molecule has 0 radical (unpaired) electrons. The second-order valence-corrected chi connectivity index (χ2v) is 4.78. The lowest BCUT2D eigenvalue weighted by Gasteiger charge is -2.16. The summed E-state index contributed by atoms with van der Waals surface area (Å²) < 4.78 is 60.1. The Morgan fingerprint density at radius 2 is 1.88 bits per heavy atom. The molecule has 0 aromatic heterocycles. The highest BCUT2D eigenvalue weighted by molar-refractivity contribution is 7.87. The Balaban J connectivity index is 4.07. The Hall–Kier alpha value is -0.420. The van der Waals surface area contributed by atoms with Crippen molar-refractivity contribution in [2.24, 2.45) is 5.73 Å². The predicted molar refractivity (Wildman–Crippen MR) is 50.6 cm³/mol. The average Bonchev–Trinajstić information content (AvgIpc) is 2.10. The number of alkyl halides is 3. The number of aliphatic hydroxyl groups excluding tert-OH is 1. The van der Waals surface area contributed by atoms with E-state index < -0.39 is 35.1 Å². The SMILES string of the molecule is CC(O)C(N)CNS(=O)(=O)NCC(F)(F)F. The number of nitrogens with two attached hydrogens (primary N) is 1. The topological polar surface area (TPSA) is 104 Å². The summed E-state index contributed by atoms with van der Waals surface area (Å²) in [5, 5.41) is 8.92. The van der Waals surface area contributed by atoms with Crippen LogP contribution in [0.15, 0.2) is 0 Å². The zero-order chi connectivity index (χ0) is 13.0. The molecule has 0 aromatic rings. The third-order valence-electron chi connectivity index (χ3n) is 1.59. The largest absolute Gasteiger partial charge is 0.402 e. The highest BCUT2D eigenvalue weighted by Gasteiger charge is 2.29. The van der Waals surface area contributed by atoms with Crippen molar-refractivity contribution in [3.63, 3.8) is 0 Å². The molecule has 98 valence electrons. The van der Waals surface area contributed by atoms with Gasteiger partial charge in [-0.2, -0.15) is 26.3 Å². The van der Waals surface area contributed by atoms with E-state index in [1.807, 2.05) is 0 Å². The molecule has 0 aliphatic heterocycles. The van der Waals surface area contributed by atoms with Crippen LogP contribution >= 0.6 is 0 Å². The van der Waals surface area contributed by atoms with Crippen molar-refractivity contribution < 1.29 is 26.7 Å². The molecule has 2 atom stereocenters. The summed E-state index contributed by atoms with van der Waals surface area (Å²) in [4.78, 5) is 0. The van der Waals surface area contributed by atoms with Gasteiger partial charge in [0.25, 0.3) is 10.2 Å². The maximum atomic E-state index is 11.7. The molecule has 0 bridgehead atoms. The Labute approximate surface area is 91.2 Å². The van der Waals surface area contributed by atoms with Gasteiger partial charge in [0.15, 0.2) is 0 Å². The van der Waals surface area contributed by atoms with Crippen LogP contribution in [0.3, 0.4) is 0 Å². The van der Waals surface area contributed by atoms with Crippen LogP contribution in [-0.2, 0) is 10.2 Å². The standard InChI is InChI=1S/C6H14F3N3O3S/c1-4(13)5(10)2-11-16(14,15)12-3-6(7,8)9/h4-5,11-13H,2-3,10H2,1H3. The molecule has 0 fully saturated rings. The Bertz CT molecular complexity index is 304. The van der Waals surface area contributed by atoms with Gasteiger partial charge in [0, 0.05) is 12.6 Å². The van der Waals surface area contributed by atoms with Gasteiger partial charge in [0.05, 0.1) is 6.10 Å². The fraction of sp³-hybridized carbons (Fsp3) is 1.00. The van der Waals surface area contributed by atoms with Crippen molar-refractivity contribution in [1.82, 2.24) is 9.44 Å². The summed E-state index contributed by atoms with van der Waals surface area (Å²) in [6.07, 6.45) is -5.59. The van der Waals surface area contributed by atoms with Crippen molar-refractivity contribution in [1.29, 1.82) is 0 Å². The molecule has 0 aromatic carbocycles. The van der Waals surface area contributed by atoms with Crippen LogP contribution in [-0.4, -0.2) is 44.9 Å². The molecule has 0 spiro atoms. The van der Waals surface area contributed by atoms with E-state index in [4.69, 9.17) is 10.8 Å². The zero-order valence-corrected chi connectivity index (χ0v) is 9.27. The lowest BCUT2D eigenvalue weighted by Crippen LogP contribution is -2.48. The summed E-state index contributed by atoms with van der Waals surface area (Å²) in [6, 6.07) is -0.887. The molecule has 0 rings (SSSR count). The van der Waals surface area contributed by atoms with Crippen LogP contribution in [0, 0.1) is 0 Å². The third-order valence-corrected chi connectivity index (χ3v) is 2.66. The highest BCUT2D eigenvalue weighted by Crippen LogP contribution is 2.12. The molecule has 16 heavy (non-hydrogen) atoms. The van der Waals surface area contributed by atoms with Crippen LogP contribution in [0.25, 0.3) is 0 Å². The fourth-order valence-electron chi connectivity index (χ4n) is 0.604. The summed E-state index contributed by atoms with van der Waals surface area (Å²) in [5.74, 6) is 0. The van der Waals surface area contributed by atoms with Gasteiger partial charge in [0.1, 0.15) is 6.54 Å². The van der Waals surface area contributed by atoms with Gasteiger partial charge in [-0.15, -0.1) is 0 Å². The van der Waals surface area contributed by atoms with Crippen LogP contribution in [0.5, 0.6) is 0 Å². The van der Waals surface area contributed by atoms with Crippen LogP contribution in [0.2, 0.25) is 0 Å². The molecule has 0 aliphatic carbocycles. The van der Waals surface area contributed by atoms with Crippen LogP contribution < -0.4 is 15.2 Å². The first-order valence-electron chi connectivity index (χ1n) is 4.28. The van der Waals surface area contributed by atoms with Gasteiger partial charge in [-0.3, -0.25) is 0 Å². The molecule has 10 heteroatoms. The van der Waals surface area contributed by atoms with Gasteiger partial charge in [-0.05, 0) is 6.92 Å². The second-order valence-electron chi connectivity index (χ2n) is 3.19. The number of hydrogen-bond acceptors (Lipinski definition) is 4. The number of halogens is 3. The van der Waals surface area contributed by atoms with E-state index in [-0.39, 0.29) is 6.54 Å². The molecule has 0 saturated carbocycles. The molecule has 0 saturated heterocycles. The highest BCUT2D eigenvalue weighted by atomic mass is 32.2. The summed E-state index contributed by atoms with van der Waals surface area (Å²) in [7, 11) is -4.25. The third kappa shape index (κ3) is 7.82. The van der Waals surface area contributed by atoms with Gasteiger partial charge < -0.3 is 10.8 Å². The van der Waals surface area contributed by atoms with E-state index in [0.29, 0.717) is 0 Å². The maximum absolute atomic E-state index is 11.7. The number of rotatable bonds is 6. The molecule has 0 amide bonds. The Morgan fingerprint density at radius 1 is 1.38 bits per heavy atom. The molecule has 0 aliphatic rings. The molecular weight excluding hydrogens is 251 g/mol. The molecular formula is C6H14F3N3O3S. The lowest BCUT2D eigenvalue weighted by molar-refractivity contribution is -0.121. The van der Waals surface area contributed by atoms with Crippen LogP contribution in [0.1, 0.15) is 6.92 Å². The fourth-order valence-corrected chi connectivity index (χ4v) is 1.47. The van der Waals surface area contributed by atoms with Crippen molar-refractivity contribution in [2.45, 2.75) is 25.2 Å². The first kappa shape index (κ1) is 15.6. The zero-order valence-electron chi connectivity index (χ0n) is 8.45. The van der Waals surface area contributed by atoms with Crippen molar-refractivity contribution in [2.75, 3.05) is 13.1 Å². The number of aliphatic hydroxyl groups is 1. The summed E-state index contributed by atoms with van der Waals surface area (Å²) >= 11 is 0. The molecule has 0 heterocycles. The Morgan fingerprint density at radius 3 is 2.25 bits per heavy atom. The number of hydrogen-bond donors (Lipinski definition) is 4. The van der Waals surface area contributed by atoms with E-state index >= 15 is 0 Å². The minimum atomic E-state index is -4.62. The first-order chi connectivity index (χ1) is 7.03. The van der Waals surface area contributed by atoms with E-state index in [0.717, 1.165) is 0 Å². The van der Waals surface area contributed by atoms with Crippen LogP contribution in [0.4, 0.5) is 13.2 Å². The normalized spacial score (nSPS) is 17.1. The maximum Gasteiger partial charge on any atom is 0.402 e. The molecule has 6 nitrogen and oxygen atoms in total. The summed E-state index contributed by atoms with van der Waals surface area (Å²) in [5.41, 5.74) is 5.28. The Kier molecular flexibility index (Phi) is 5.62. The van der Waals surface area contributed by atoms with Gasteiger partial charge in [-0.1, -0.05) is 0 Å². The summed E-state index contributed by atoms with van der Waals surface area (Å²) in [6.45, 7) is -0.681.